The molecule has 2 rings (SSSR count). The lowest BCUT2D eigenvalue weighted by Crippen LogP contribution is -2.07. The molecule has 0 radical (unpaired) electrons. The van der Waals surface area contributed by atoms with E-state index in [1.807, 2.05) is 23.9 Å². The highest BCUT2D eigenvalue weighted by molar-refractivity contribution is 7.14. The van der Waals surface area contributed by atoms with Gasteiger partial charge in [0.05, 0.1) is 5.69 Å². The summed E-state index contributed by atoms with van der Waals surface area (Å²) in [7, 11) is 0. The second kappa shape index (κ2) is 6.09. The van der Waals surface area contributed by atoms with E-state index in [1.165, 1.54) is 11.3 Å². The molecular weight excluding hydrogens is 274 g/mol. The number of thiophene rings is 1. The van der Waals surface area contributed by atoms with Crippen LogP contribution in [0, 0.1) is 6.92 Å². The van der Waals surface area contributed by atoms with Crippen LogP contribution in [0.25, 0.3) is 0 Å². The molecule has 0 aromatic carbocycles. The first-order chi connectivity index (χ1) is 9.51. The number of nitrogen functional groups attached to an aromatic ring is 1. The van der Waals surface area contributed by atoms with Gasteiger partial charge in [-0.3, -0.25) is 4.68 Å². The first-order valence-electron chi connectivity index (χ1n) is 6.58. The lowest BCUT2D eigenvalue weighted by Gasteiger charge is -2.08. The summed E-state index contributed by atoms with van der Waals surface area (Å²) in [4.78, 5) is 13.3. The van der Waals surface area contributed by atoms with Gasteiger partial charge in [-0.1, -0.05) is 6.92 Å². The van der Waals surface area contributed by atoms with Crippen molar-refractivity contribution in [3.63, 3.8) is 0 Å². The van der Waals surface area contributed by atoms with Crippen molar-refractivity contribution >= 4 is 23.0 Å². The standard InChI is InChI=1S/C14H19N3O2S/c1-4-9(2)17-6-5-11(16-17)8-19-14(18)13-7-12(15)10(3)20-13/h5-7,9H,4,8,15H2,1-3H3. The monoisotopic (exact) mass is 293 g/mol. The van der Waals surface area contributed by atoms with Gasteiger partial charge in [-0.25, -0.2) is 4.79 Å². The van der Waals surface area contributed by atoms with Crippen LogP contribution < -0.4 is 5.73 Å². The fourth-order valence-electron chi connectivity index (χ4n) is 1.69. The van der Waals surface area contributed by atoms with Gasteiger partial charge in [0.1, 0.15) is 11.5 Å². The summed E-state index contributed by atoms with van der Waals surface area (Å²) >= 11 is 1.35. The van der Waals surface area contributed by atoms with Gasteiger partial charge in [0.2, 0.25) is 0 Å². The molecule has 6 heteroatoms. The van der Waals surface area contributed by atoms with Gasteiger partial charge in [0.15, 0.2) is 0 Å². The van der Waals surface area contributed by atoms with Crippen LogP contribution in [0.5, 0.6) is 0 Å². The van der Waals surface area contributed by atoms with Gasteiger partial charge in [0, 0.05) is 22.8 Å². The number of carbonyl (C=O) groups excluding carboxylic acids is 1. The molecule has 0 spiro atoms. The second-order valence-corrected chi connectivity index (χ2v) is 6.00. The van der Waals surface area contributed by atoms with E-state index >= 15 is 0 Å². The second-order valence-electron chi connectivity index (χ2n) is 4.74. The highest BCUT2D eigenvalue weighted by Gasteiger charge is 2.13. The van der Waals surface area contributed by atoms with Gasteiger partial charge in [-0.05, 0) is 32.4 Å². The van der Waals surface area contributed by atoms with Crippen LogP contribution in [0.15, 0.2) is 18.3 Å². The van der Waals surface area contributed by atoms with Gasteiger partial charge >= 0.3 is 5.97 Å². The smallest absolute Gasteiger partial charge is 0.348 e. The van der Waals surface area contributed by atoms with Crippen molar-refractivity contribution in [2.45, 2.75) is 39.8 Å². The summed E-state index contributed by atoms with van der Waals surface area (Å²) in [5, 5.41) is 4.39. The molecule has 20 heavy (non-hydrogen) atoms. The summed E-state index contributed by atoms with van der Waals surface area (Å²) in [6.07, 6.45) is 2.92. The Morgan fingerprint density at radius 1 is 1.60 bits per heavy atom. The third kappa shape index (κ3) is 3.19. The molecule has 2 aromatic heterocycles. The van der Waals surface area contributed by atoms with Gasteiger partial charge < -0.3 is 10.5 Å². The number of nitrogens with zero attached hydrogens (tertiary/aromatic N) is 2. The summed E-state index contributed by atoms with van der Waals surface area (Å²) < 4.78 is 7.13. The van der Waals surface area contributed by atoms with Crippen molar-refractivity contribution in [2.75, 3.05) is 5.73 Å². The Bertz CT molecular complexity index is 584. The Morgan fingerprint density at radius 3 is 2.95 bits per heavy atom. The molecule has 0 saturated carbocycles. The predicted molar refractivity (Wildman–Crippen MR) is 79.8 cm³/mol. The summed E-state index contributed by atoms with van der Waals surface area (Å²) in [5.41, 5.74) is 7.10. The van der Waals surface area contributed by atoms with Crippen molar-refractivity contribution in [1.29, 1.82) is 0 Å². The predicted octanol–water partition coefficient (Wildman–Crippen LogP) is 3.16. The molecule has 1 unspecified atom stereocenters. The van der Waals surface area contributed by atoms with E-state index in [0.29, 0.717) is 16.6 Å². The highest BCUT2D eigenvalue weighted by Crippen LogP contribution is 2.24. The number of aromatic nitrogens is 2. The molecule has 108 valence electrons. The summed E-state index contributed by atoms with van der Waals surface area (Å²) in [6, 6.07) is 3.87. The number of rotatable bonds is 5. The number of ether oxygens (including phenoxy) is 1. The fraction of sp³-hybridized carbons (Fsp3) is 0.429. The van der Waals surface area contributed by atoms with Crippen molar-refractivity contribution in [3.05, 3.63) is 33.8 Å². The molecule has 0 bridgehead atoms. The molecule has 1 atom stereocenters. The zero-order chi connectivity index (χ0) is 14.7. The molecule has 0 saturated heterocycles. The Hall–Kier alpha value is -1.82. The maximum absolute atomic E-state index is 11.9. The molecule has 0 amide bonds. The molecule has 0 aliphatic rings. The molecule has 2 aromatic rings. The maximum Gasteiger partial charge on any atom is 0.348 e. The van der Waals surface area contributed by atoms with Crippen molar-refractivity contribution in [2.24, 2.45) is 0 Å². The van der Waals surface area contributed by atoms with Crippen LogP contribution in [-0.2, 0) is 11.3 Å². The van der Waals surface area contributed by atoms with Crippen LogP contribution in [-0.4, -0.2) is 15.7 Å². The lowest BCUT2D eigenvalue weighted by atomic mass is 10.3. The molecule has 0 aliphatic carbocycles. The number of anilines is 1. The van der Waals surface area contributed by atoms with E-state index in [1.54, 1.807) is 6.07 Å². The molecule has 0 aliphatic heterocycles. The van der Waals surface area contributed by atoms with Crippen molar-refractivity contribution in [3.8, 4) is 0 Å². The SMILES string of the molecule is CCC(C)n1ccc(COC(=O)c2cc(N)c(C)s2)n1. The minimum Gasteiger partial charge on any atom is -0.455 e. The molecule has 2 N–H and O–H groups in total. The number of hydrogen-bond acceptors (Lipinski definition) is 5. The number of hydrogen-bond donors (Lipinski definition) is 1. The van der Waals surface area contributed by atoms with Gasteiger partial charge in [0.25, 0.3) is 0 Å². The lowest BCUT2D eigenvalue weighted by molar-refractivity contribution is 0.0472. The molecule has 5 nitrogen and oxygen atoms in total. The molecule has 0 fully saturated rings. The maximum atomic E-state index is 11.9. The van der Waals surface area contributed by atoms with Gasteiger partial charge in [-0.15, -0.1) is 11.3 Å². The van der Waals surface area contributed by atoms with E-state index in [9.17, 15) is 4.79 Å². The normalized spacial score (nSPS) is 12.3. The van der Waals surface area contributed by atoms with Crippen LogP contribution >= 0.6 is 11.3 Å². The first-order valence-corrected chi connectivity index (χ1v) is 7.40. The molecular formula is C14H19N3O2S. The van der Waals surface area contributed by atoms with E-state index in [4.69, 9.17) is 10.5 Å². The van der Waals surface area contributed by atoms with Crippen LogP contribution in [0.2, 0.25) is 0 Å². The summed E-state index contributed by atoms with van der Waals surface area (Å²) in [6.45, 7) is 6.26. The van der Waals surface area contributed by atoms with E-state index in [0.717, 1.165) is 17.0 Å². The first kappa shape index (κ1) is 14.6. The van der Waals surface area contributed by atoms with Gasteiger partial charge in [-0.2, -0.15) is 5.10 Å². The van der Waals surface area contributed by atoms with E-state index < -0.39 is 0 Å². The Kier molecular flexibility index (Phi) is 4.44. The zero-order valence-corrected chi connectivity index (χ0v) is 12.7. The topological polar surface area (TPSA) is 70.1 Å². The third-order valence-electron chi connectivity index (χ3n) is 3.21. The fourth-order valence-corrected chi connectivity index (χ4v) is 2.53. The Morgan fingerprint density at radius 2 is 2.35 bits per heavy atom. The summed E-state index contributed by atoms with van der Waals surface area (Å²) in [5.74, 6) is -0.354. The third-order valence-corrected chi connectivity index (χ3v) is 4.26. The highest BCUT2D eigenvalue weighted by atomic mass is 32.1. The quantitative estimate of drug-likeness (QED) is 0.860. The average molecular weight is 293 g/mol. The average Bonchev–Trinajstić information content (AvgIpc) is 3.03. The Labute approximate surface area is 122 Å². The van der Waals surface area contributed by atoms with Crippen LogP contribution in [0.4, 0.5) is 5.69 Å². The van der Waals surface area contributed by atoms with E-state index in [-0.39, 0.29) is 12.6 Å². The zero-order valence-electron chi connectivity index (χ0n) is 11.9. The largest absolute Gasteiger partial charge is 0.455 e. The van der Waals surface area contributed by atoms with Crippen LogP contribution in [0.3, 0.4) is 0 Å². The number of carbonyl (C=O) groups is 1. The number of esters is 1. The Balaban J connectivity index is 1.95. The minimum atomic E-state index is -0.354. The van der Waals surface area contributed by atoms with Crippen molar-refractivity contribution < 1.29 is 9.53 Å². The van der Waals surface area contributed by atoms with E-state index in [2.05, 4.69) is 18.9 Å². The van der Waals surface area contributed by atoms with Crippen LogP contribution in [0.1, 0.15) is 46.6 Å². The number of nitrogens with two attached hydrogens (primary N) is 1. The number of aryl methyl sites for hydroxylation is 1. The minimum absolute atomic E-state index is 0.180. The van der Waals surface area contributed by atoms with Crippen molar-refractivity contribution in [1.82, 2.24) is 9.78 Å². The molecule has 2 heterocycles.